The molecule has 0 saturated carbocycles. The van der Waals surface area contributed by atoms with Crippen molar-refractivity contribution in [2.24, 2.45) is 0 Å². The number of benzene rings is 3. The molecule has 1 N–H and O–H groups in total. The van der Waals surface area contributed by atoms with E-state index in [0.29, 0.717) is 17.0 Å². The molecule has 1 saturated heterocycles. The Labute approximate surface area is 181 Å². The van der Waals surface area contributed by atoms with Crippen molar-refractivity contribution in [1.29, 1.82) is 0 Å². The molecule has 1 aliphatic heterocycles. The van der Waals surface area contributed by atoms with Gasteiger partial charge in [-0.1, -0.05) is 49.4 Å². The number of amides is 1. The lowest BCUT2D eigenvalue weighted by atomic mass is 9.94. The smallest absolute Gasteiger partial charge is 0.300 e. The van der Waals surface area contributed by atoms with Gasteiger partial charge in [0.25, 0.3) is 11.7 Å². The van der Waals surface area contributed by atoms with Crippen LogP contribution in [0.4, 0.5) is 5.69 Å². The Hall–Kier alpha value is -3.86. The summed E-state index contributed by atoms with van der Waals surface area (Å²) in [5.41, 5.74) is 3.03. The van der Waals surface area contributed by atoms with Crippen molar-refractivity contribution in [2.75, 3.05) is 12.0 Å². The number of rotatable bonds is 5. The van der Waals surface area contributed by atoms with Crippen LogP contribution in [-0.2, 0) is 16.0 Å². The van der Waals surface area contributed by atoms with Crippen LogP contribution in [0.3, 0.4) is 0 Å². The minimum atomic E-state index is -0.726. The number of aliphatic hydroxyl groups is 1. The fourth-order valence-corrected chi connectivity index (χ4v) is 3.84. The Bertz CT molecular complexity index is 1130. The summed E-state index contributed by atoms with van der Waals surface area (Å²) in [7, 11) is 1.56. The lowest BCUT2D eigenvalue weighted by Gasteiger charge is -2.25. The van der Waals surface area contributed by atoms with Crippen LogP contribution in [0.5, 0.6) is 5.75 Å². The molecule has 3 aromatic carbocycles. The first-order valence-electron chi connectivity index (χ1n) is 10.1. The molecule has 5 nitrogen and oxygen atoms in total. The van der Waals surface area contributed by atoms with Crippen LogP contribution in [-0.4, -0.2) is 23.9 Å². The van der Waals surface area contributed by atoms with Crippen molar-refractivity contribution >= 4 is 23.1 Å². The van der Waals surface area contributed by atoms with Gasteiger partial charge >= 0.3 is 0 Å². The lowest BCUT2D eigenvalue weighted by molar-refractivity contribution is -0.132. The predicted octanol–water partition coefficient (Wildman–Crippen LogP) is 4.88. The number of carbonyl (C=O) groups excluding carboxylic acids is 2. The first-order chi connectivity index (χ1) is 15.0. The van der Waals surface area contributed by atoms with Gasteiger partial charge in [0.2, 0.25) is 0 Å². The van der Waals surface area contributed by atoms with Gasteiger partial charge in [0, 0.05) is 11.3 Å². The Morgan fingerprint density at radius 2 is 1.58 bits per heavy atom. The summed E-state index contributed by atoms with van der Waals surface area (Å²) in [5.74, 6) is -0.940. The summed E-state index contributed by atoms with van der Waals surface area (Å²) in [6.07, 6.45) is 0.880. The molecule has 1 unspecified atom stereocenters. The number of methoxy groups -OCH3 is 1. The number of ether oxygens (including phenoxy) is 1. The van der Waals surface area contributed by atoms with E-state index in [1.54, 1.807) is 43.5 Å². The maximum absolute atomic E-state index is 13.1. The number of hydrogen-bond acceptors (Lipinski definition) is 4. The average Bonchev–Trinajstić information content (AvgIpc) is 3.09. The van der Waals surface area contributed by atoms with E-state index in [2.05, 4.69) is 6.92 Å². The lowest BCUT2D eigenvalue weighted by Crippen LogP contribution is -2.29. The topological polar surface area (TPSA) is 66.8 Å². The molecule has 4 rings (SSSR count). The van der Waals surface area contributed by atoms with Crippen LogP contribution in [0, 0.1) is 0 Å². The standard InChI is InChI=1S/C26H23NO4/c1-3-17-9-11-18(12-10-17)23-22(24(28)19-13-15-21(31-2)16-14-19)25(29)26(30)27(23)20-7-5-4-6-8-20/h4-16,23,28H,3H2,1-2H3/b24-22-. The number of aryl methyl sites for hydroxylation is 1. The molecule has 1 atom stereocenters. The highest BCUT2D eigenvalue weighted by Crippen LogP contribution is 2.42. The van der Waals surface area contributed by atoms with Crippen molar-refractivity contribution < 1.29 is 19.4 Å². The number of hydrogen-bond donors (Lipinski definition) is 1. The molecule has 0 aliphatic carbocycles. The van der Waals surface area contributed by atoms with Gasteiger partial charge in [-0.2, -0.15) is 0 Å². The van der Waals surface area contributed by atoms with Crippen LogP contribution >= 0.6 is 0 Å². The number of anilines is 1. The molecule has 1 amide bonds. The summed E-state index contributed by atoms with van der Waals surface area (Å²) >= 11 is 0. The van der Waals surface area contributed by atoms with Crippen molar-refractivity contribution in [3.05, 3.63) is 101 Å². The highest BCUT2D eigenvalue weighted by molar-refractivity contribution is 6.51. The van der Waals surface area contributed by atoms with Crippen LogP contribution in [0.2, 0.25) is 0 Å². The van der Waals surface area contributed by atoms with Gasteiger partial charge in [-0.05, 0) is 53.9 Å². The third-order valence-corrected chi connectivity index (χ3v) is 5.55. The maximum Gasteiger partial charge on any atom is 0.300 e. The predicted molar refractivity (Wildman–Crippen MR) is 120 cm³/mol. The Kier molecular flexibility index (Phi) is 5.58. The number of nitrogens with zero attached hydrogens (tertiary/aromatic N) is 1. The van der Waals surface area contributed by atoms with Crippen LogP contribution in [0.1, 0.15) is 29.7 Å². The molecule has 0 bridgehead atoms. The fraction of sp³-hybridized carbons (Fsp3) is 0.154. The van der Waals surface area contributed by atoms with Crippen LogP contribution in [0.25, 0.3) is 5.76 Å². The minimum Gasteiger partial charge on any atom is -0.507 e. The van der Waals surface area contributed by atoms with Gasteiger partial charge in [0.1, 0.15) is 11.5 Å². The van der Waals surface area contributed by atoms with Crippen LogP contribution in [0.15, 0.2) is 84.4 Å². The Morgan fingerprint density at radius 1 is 0.935 bits per heavy atom. The summed E-state index contributed by atoms with van der Waals surface area (Å²) < 4.78 is 5.17. The molecule has 1 aliphatic rings. The van der Waals surface area contributed by atoms with E-state index < -0.39 is 17.7 Å². The van der Waals surface area contributed by atoms with Gasteiger partial charge in [-0.25, -0.2) is 0 Å². The molecular weight excluding hydrogens is 390 g/mol. The first kappa shape index (κ1) is 20.4. The quantitative estimate of drug-likeness (QED) is 0.368. The van der Waals surface area contributed by atoms with Crippen molar-refractivity contribution in [3.63, 3.8) is 0 Å². The third kappa shape index (κ3) is 3.70. The molecule has 0 radical (unpaired) electrons. The second-order valence-electron chi connectivity index (χ2n) is 7.33. The molecule has 0 spiro atoms. The SMILES string of the molecule is CCc1ccc(C2/C(=C(/O)c3ccc(OC)cc3)C(=O)C(=O)N2c2ccccc2)cc1. The minimum absolute atomic E-state index is 0.0725. The van der Waals surface area contributed by atoms with Gasteiger partial charge in [0.15, 0.2) is 0 Å². The van der Waals surface area contributed by atoms with Gasteiger partial charge in [0.05, 0.1) is 18.7 Å². The molecule has 3 aromatic rings. The van der Waals surface area contributed by atoms with E-state index in [-0.39, 0.29) is 11.3 Å². The van der Waals surface area contributed by atoms with Crippen molar-refractivity contribution in [3.8, 4) is 5.75 Å². The van der Waals surface area contributed by atoms with E-state index in [4.69, 9.17) is 4.74 Å². The molecule has 1 fully saturated rings. The molecule has 0 aromatic heterocycles. The normalized spacial score (nSPS) is 17.7. The van der Waals surface area contributed by atoms with E-state index >= 15 is 0 Å². The number of aliphatic hydroxyl groups excluding tert-OH is 1. The summed E-state index contributed by atoms with van der Waals surface area (Å²) in [5, 5.41) is 11.1. The van der Waals surface area contributed by atoms with E-state index in [1.165, 1.54) is 4.90 Å². The van der Waals surface area contributed by atoms with Crippen molar-refractivity contribution in [2.45, 2.75) is 19.4 Å². The molecule has 5 heteroatoms. The average molecular weight is 413 g/mol. The third-order valence-electron chi connectivity index (χ3n) is 5.55. The van der Waals surface area contributed by atoms with Crippen LogP contribution < -0.4 is 9.64 Å². The number of Topliss-reactive ketones (excluding diaryl/α,β-unsaturated/α-hetero) is 1. The molecule has 31 heavy (non-hydrogen) atoms. The highest BCUT2D eigenvalue weighted by atomic mass is 16.5. The Balaban J connectivity index is 1.90. The number of carbonyl (C=O) groups is 2. The summed E-state index contributed by atoms with van der Waals surface area (Å²) in [4.78, 5) is 27.6. The zero-order chi connectivity index (χ0) is 22.0. The Morgan fingerprint density at radius 3 is 2.16 bits per heavy atom. The van der Waals surface area contributed by atoms with Gasteiger partial charge in [-0.3, -0.25) is 14.5 Å². The van der Waals surface area contributed by atoms with E-state index in [1.807, 2.05) is 42.5 Å². The fourth-order valence-electron chi connectivity index (χ4n) is 3.84. The summed E-state index contributed by atoms with van der Waals surface area (Å²) in [6.45, 7) is 2.06. The maximum atomic E-state index is 13.1. The number of para-hydroxylation sites is 1. The molecule has 156 valence electrons. The van der Waals surface area contributed by atoms with Gasteiger partial charge in [-0.15, -0.1) is 0 Å². The van der Waals surface area contributed by atoms with E-state index in [9.17, 15) is 14.7 Å². The van der Waals surface area contributed by atoms with Crippen molar-refractivity contribution in [1.82, 2.24) is 0 Å². The largest absolute Gasteiger partial charge is 0.507 e. The molecule has 1 heterocycles. The number of ketones is 1. The van der Waals surface area contributed by atoms with Gasteiger partial charge < -0.3 is 9.84 Å². The second-order valence-corrected chi connectivity index (χ2v) is 7.33. The zero-order valence-electron chi connectivity index (χ0n) is 17.4. The molecular formula is C26H23NO4. The first-order valence-corrected chi connectivity index (χ1v) is 10.1. The monoisotopic (exact) mass is 413 g/mol. The highest BCUT2D eigenvalue weighted by Gasteiger charge is 2.46. The van der Waals surface area contributed by atoms with E-state index in [0.717, 1.165) is 17.5 Å². The summed E-state index contributed by atoms with van der Waals surface area (Å²) in [6, 6.07) is 22.8. The second kappa shape index (κ2) is 8.48. The zero-order valence-corrected chi connectivity index (χ0v) is 17.4.